The lowest BCUT2D eigenvalue weighted by Crippen LogP contribution is -2.47. The standard InChI is InChI=1S/C14H17NO5/c16-13(10-20-11-4-2-1-3-5-11)15-6-7-19-12(9-15)8-14(17)18/h1-5,12H,6-10H2,(H,17,18). The summed E-state index contributed by atoms with van der Waals surface area (Å²) in [6.07, 6.45) is -0.537. The molecule has 108 valence electrons. The van der Waals surface area contributed by atoms with Crippen molar-refractivity contribution in [3.05, 3.63) is 30.3 Å². The minimum absolute atomic E-state index is 0.0518. The summed E-state index contributed by atoms with van der Waals surface area (Å²) in [6, 6.07) is 9.08. The molecule has 1 unspecified atom stereocenters. The molecule has 6 nitrogen and oxygen atoms in total. The molecule has 0 bridgehead atoms. The fraction of sp³-hybridized carbons (Fsp3) is 0.429. The van der Waals surface area contributed by atoms with Gasteiger partial charge in [0.1, 0.15) is 5.75 Å². The maximum atomic E-state index is 12.0. The van der Waals surface area contributed by atoms with E-state index < -0.39 is 12.1 Å². The van der Waals surface area contributed by atoms with Crippen LogP contribution in [-0.4, -0.2) is 54.3 Å². The van der Waals surface area contributed by atoms with Crippen LogP contribution in [0, 0.1) is 0 Å². The SMILES string of the molecule is O=C(O)CC1CN(C(=O)COc2ccccc2)CCO1. The Kier molecular flexibility index (Phi) is 4.95. The molecule has 1 N–H and O–H groups in total. The highest BCUT2D eigenvalue weighted by Crippen LogP contribution is 2.11. The number of carboxylic acids is 1. The Bertz CT molecular complexity index is 462. The highest BCUT2D eigenvalue weighted by Gasteiger charge is 2.26. The number of para-hydroxylation sites is 1. The Hall–Kier alpha value is -2.08. The van der Waals surface area contributed by atoms with Gasteiger partial charge in [-0.25, -0.2) is 0 Å². The molecule has 1 aliphatic rings. The molecule has 0 saturated carbocycles. The Morgan fingerprint density at radius 3 is 2.80 bits per heavy atom. The van der Waals surface area contributed by atoms with Crippen LogP contribution in [0.2, 0.25) is 0 Å². The molecule has 1 aliphatic heterocycles. The molecule has 1 atom stereocenters. The number of benzene rings is 1. The van der Waals surface area contributed by atoms with Crippen molar-refractivity contribution in [2.75, 3.05) is 26.3 Å². The van der Waals surface area contributed by atoms with E-state index in [1.165, 1.54) is 0 Å². The number of carbonyl (C=O) groups excluding carboxylic acids is 1. The Morgan fingerprint density at radius 1 is 1.35 bits per heavy atom. The smallest absolute Gasteiger partial charge is 0.306 e. The second-order valence-corrected chi connectivity index (χ2v) is 4.53. The van der Waals surface area contributed by atoms with Crippen molar-refractivity contribution in [3.8, 4) is 5.75 Å². The van der Waals surface area contributed by atoms with Crippen LogP contribution in [0.25, 0.3) is 0 Å². The van der Waals surface area contributed by atoms with Gasteiger partial charge in [0.15, 0.2) is 6.61 Å². The van der Waals surface area contributed by atoms with Crippen LogP contribution in [0.4, 0.5) is 0 Å². The van der Waals surface area contributed by atoms with Crippen LogP contribution in [0.15, 0.2) is 30.3 Å². The quantitative estimate of drug-likeness (QED) is 0.861. The van der Waals surface area contributed by atoms with Gasteiger partial charge < -0.3 is 19.5 Å². The van der Waals surface area contributed by atoms with E-state index in [0.717, 1.165) is 0 Å². The zero-order valence-electron chi connectivity index (χ0n) is 11.0. The molecule has 0 radical (unpaired) electrons. The van der Waals surface area contributed by atoms with Gasteiger partial charge >= 0.3 is 5.97 Å². The number of hydrogen-bond donors (Lipinski definition) is 1. The molecule has 1 fully saturated rings. The fourth-order valence-corrected chi connectivity index (χ4v) is 2.02. The molecule has 0 aliphatic carbocycles. The van der Waals surface area contributed by atoms with Crippen molar-refractivity contribution in [1.29, 1.82) is 0 Å². The highest BCUT2D eigenvalue weighted by atomic mass is 16.5. The lowest BCUT2D eigenvalue weighted by Gasteiger charge is -2.32. The minimum atomic E-state index is -0.926. The third-order valence-electron chi connectivity index (χ3n) is 3.00. The first-order chi connectivity index (χ1) is 9.65. The van der Waals surface area contributed by atoms with Crippen LogP contribution < -0.4 is 4.74 Å². The summed E-state index contributed by atoms with van der Waals surface area (Å²) in [5.74, 6) is -0.450. The summed E-state index contributed by atoms with van der Waals surface area (Å²) in [7, 11) is 0. The van der Waals surface area contributed by atoms with Crippen molar-refractivity contribution >= 4 is 11.9 Å². The molecule has 1 aromatic rings. The first-order valence-corrected chi connectivity index (χ1v) is 6.44. The molecule has 1 heterocycles. The van der Waals surface area contributed by atoms with Gasteiger partial charge in [-0.05, 0) is 12.1 Å². The molecule has 20 heavy (non-hydrogen) atoms. The predicted octanol–water partition coefficient (Wildman–Crippen LogP) is 0.767. The minimum Gasteiger partial charge on any atom is -0.484 e. The Balaban J connectivity index is 1.81. The highest BCUT2D eigenvalue weighted by molar-refractivity contribution is 5.78. The normalized spacial score (nSPS) is 18.6. The van der Waals surface area contributed by atoms with Gasteiger partial charge in [0, 0.05) is 13.1 Å². The van der Waals surface area contributed by atoms with E-state index in [1.807, 2.05) is 18.2 Å². The molecule has 1 saturated heterocycles. The third kappa shape index (κ3) is 4.24. The van der Waals surface area contributed by atoms with Crippen molar-refractivity contribution in [2.24, 2.45) is 0 Å². The Morgan fingerprint density at radius 2 is 2.10 bits per heavy atom. The summed E-state index contributed by atoms with van der Waals surface area (Å²) >= 11 is 0. The van der Waals surface area contributed by atoms with Crippen LogP contribution in [0.5, 0.6) is 5.75 Å². The lowest BCUT2D eigenvalue weighted by molar-refractivity contribution is -0.148. The third-order valence-corrected chi connectivity index (χ3v) is 3.00. The molecule has 1 aromatic carbocycles. The van der Waals surface area contributed by atoms with Crippen LogP contribution >= 0.6 is 0 Å². The van der Waals surface area contributed by atoms with Crippen molar-refractivity contribution < 1.29 is 24.2 Å². The van der Waals surface area contributed by atoms with Gasteiger partial charge in [0.25, 0.3) is 5.91 Å². The van der Waals surface area contributed by atoms with Gasteiger partial charge in [0.05, 0.1) is 19.1 Å². The summed E-state index contributed by atoms with van der Waals surface area (Å²) in [5.41, 5.74) is 0. The predicted molar refractivity (Wildman–Crippen MR) is 70.5 cm³/mol. The number of amides is 1. The molecule has 0 aromatic heterocycles. The number of nitrogens with zero attached hydrogens (tertiary/aromatic N) is 1. The average Bonchev–Trinajstić information content (AvgIpc) is 2.45. The van der Waals surface area contributed by atoms with E-state index in [1.54, 1.807) is 17.0 Å². The van der Waals surface area contributed by atoms with E-state index in [4.69, 9.17) is 14.6 Å². The molecule has 6 heteroatoms. The van der Waals surface area contributed by atoms with Gasteiger partial charge in [-0.3, -0.25) is 9.59 Å². The second kappa shape index (κ2) is 6.91. The molecule has 2 rings (SSSR count). The average molecular weight is 279 g/mol. The number of morpholine rings is 1. The van der Waals surface area contributed by atoms with Gasteiger partial charge in [-0.15, -0.1) is 0 Å². The van der Waals surface area contributed by atoms with Crippen molar-refractivity contribution in [1.82, 2.24) is 4.90 Å². The van der Waals surface area contributed by atoms with E-state index in [0.29, 0.717) is 25.4 Å². The van der Waals surface area contributed by atoms with Gasteiger partial charge in [-0.1, -0.05) is 18.2 Å². The zero-order valence-corrected chi connectivity index (χ0v) is 11.0. The monoisotopic (exact) mass is 279 g/mol. The number of ether oxygens (including phenoxy) is 2. The lowest BCUT2D eigenvalue weighted by atomic mass is 10.2. The van der Waals surface area contributed by atoms with Crippen LogP contribution in [0.1, 0.15) is 6.42 Å². The molecule has 0 spiro atoms. The molecular formula is C14H17NO5. The van der Waals surface area contributed by atoms with Crippen LogP contribution in [-0.2, 0) is 14.3 Å². The fourth-order valence-electron chi connectivity index (χ4n) is 2.02. The van der Waals surface area contributed by atoms with Crippen molar-refractivity contribution in [3.63, 3.8) is 0 Å². The number of aliphatic carboxylic acids is 1. The number of carboxylic acid groups (broad SMARTS) is 1. The first-order valence-electron chi connectivity index (χ1n) is 6.44. The van der Waals surface area contributed by atoms with Crippen molar-refractivity contribution in [2.45, 2.75) is 12.5 Å². The van der Waals surface area contributed by atoms with E-state index in [-0.39, 0.29) is 18.9 Å². The number of carbonyl (C=O) groups is 2. The number of rotatable bonds is 5. The van der Waals surface area contributed by atoms with E-state index in [2.05, 4.69) is 0 Å². The van der Waals surface area contributed by atoms with Gasteiger partial charge in [0.2, 0.25) is 0 Å². The van der Waals surface area contributed by atoms with Gasteiger partial charge in [-0.2, -0.15) is 0 Å². The largest absolute Gasteiger partial charge is 0.484 e. The second-order valence-electron chi connectivity index (χ2n) is 4.53. The van der Waals surface area contributed by atoms with E-state index in [9.17, 15) is 9.59 Å². The maximum absolute atomic E-state index is 12.0. The zero-order chi connectivity index (χ0) is 14.4. The number of hydrogen-bond acceptors (Lipinski definition) is 4. The topological polar surface area (TPSA) is 76.1 Å². The molecule has 1 amide bonds. The Labute approximate surface area is 116 Å². The maximum Gasteiger partial charge on any atom is 0.306 e. The summed E-state index contributed by atoms with van der Waals surface area (Å²) in [4.78, 5) is 24.2. The summed E-state index contributed by atoms with van der Waals surface area (Å²) in [5, 5.41) is 8.73. The summed E-state index contributed by atoms with van der Waals surface area (Å²) in [6.45, 7) is 1.06. The summed E-state index contributed by atoms with van der Waals surface area (Å²) < 4.78 is 10.7. The molecular weight excluding hydrogens is 262 g/mol. The first kappa shape index (κ1) is 14.3. The van der Waals surface area contributed by atoms with Crippen LogP contribution in [0.3, 0.4) is 0 Å². The van der Waals surface area contributed by atoms with E-state index >= 15 is 0 Å².